The van der Waals surface area contributed by atoms with Crippen LogP contribution in [0.25, 0.3) is 0 Å². The Kier molecular flexibility index (Phi) is 3.89. The molecular formula is C11H11N5O3S. The molecule has 104 valence electrons. The highest BCUT2D eigenvalue weighted by molar-refractivity contribution is 7.17. The van der Waals surface area contributed by atoms with Gasteiger partial charge in [0.1, 0.15) is 0 Å². The van der Waals surface area contributed by atoms with Crippen LogP contribution in [0.1, 0.15) is 15.4 Å². The van der Waals surface area contributed by atoms with Gasteiger partial charge in [-0.2, -0.15) is 0 Å². The van der Waals surface area contributed by atoms with E-state index >= 15 is 0 Å². The van der Waals surface area contributed by atoms with E-state index in [0.29, 0.717) is 16.4 Å². The average Bonchev–Trinajstić information content (AvgIpc) is 2.89. The van der Waals surface area contributed by atoms with Crippen LogP contribution in [0.2, 0.25) is 0 Å². The Morgan fingerprint density at radius 1 is 1.40 bits per heavy atom. The number of nitro benzene ring substituents is 1. The third-order valence-electron chi connectivity index (χ3n) is 2.50. The molecule has 1 aromatic heterocycles. The number of carbonyl (C=O) groups is 1. The predicted octanol–water partition coefficient (Wildman–Crippen LogP) is 2.05. The third kappa shape index (κ3) is 2.88. The first-order valence-corrected chi connectivity index (χ1v) is 6.40. The van der Waals surface area contributed by atoms with Crippen molar-refractivity contribution in [3.8, 4) is 0 Å². The maximum atomic E-state index is 11.9. The van der Waals surface area contributed by atoms with E-state index in [1.807, 2.05) is 0 Å². The summed E-state index contributed by atoms with van der Waals surface area (Å²) in [6.45, 7) is 1.68. The molecular weight excluding hydrogens is 282 g/mol. The van der Waals surface area contributed by atoms with Crippen molar-refractivity contribution in [1.29, 1.82) is 0 Å². The van der Waals surface area contributed by atoms with Crippen molar-refractivity contribution >= 4 is 33.8 Å². The molecule has 0 saturated heterocycles. The van der Waals surface area contributed by atoms with Gasteiger partial charge in [0.15, 0.2) is 0 Å². The fourth-order valence-electron chi connectivity index (χ4n) is 1.49. The number of nitrogens with one attached hydrogen (secondary N) is 2. The van der Waals surface area contributed by atoms with Crippen LogP contribution in [0.5, 0.6) is 0 Å². The summed E-state index contributed by atoms with van der Waals surface area (Å²) in [6, 6.07) is 4.22. The second-order valence-corrected chi connectivity index (χ2v) is 4.85. The van der Waals surface area contributed by atoms with E-state index in [9.17, 15) is 14.9 Å². The maximum absolute atomic E-state index is 11.9. The molecule has 0 unspecified atom stereocenters. The molecule has 0 bridgehead atoms. The average molecular weight is 293 g/mol. The molecule has 0 fully saturated rings. The molecule has 1 amide bonds. The fourth-order valence-corrected chi connectivity index (χ4v) is 2.09. The van der Waals surface area contributed by atoms with Crippen LogP contribution < -0.4 is 10.6 Å². The van der Waals surface area contributed by atoms with Gasteiger partial charge in [-0.3, -0.25) is 14.9 Å². The molecule has 20 heavy (non-hydrogen) atoms. The van der Waals surface area contributed by atoms with Crippen LogP contribution in [0, 0.1) is 17.0 Å². The minimum Gasteiger partial charge on any atom is -0.363 e. The molecule has 9 heteroatoms. The van der Waals surface area contributed by atoms with Crippen LogP contribution in [0.4, 0.5) is 16.5 Å². The Balaban J connectivity index is 2.17. The highest BCUT2D eigenvalue weighted by Crippen LogP contribution is 2.22. The first-order chi connectivity index (χ1) is 9.51. The lowest BCUT2D eigenvalue weighted by atomic mass is 10.2. The monoisotopic (exact) mass is 293 g/mol. The number of nitro groups is 1. The van der Waals surface area contributed by atoms with Crippen molar-refractivity contribution in [3.05, 3.63) is 38.9 Å². The molecule has 1 aromatic carbocycles. The standard InChI is InChI=1S/C11H11N5O3S/c1-6-5-7(16(18)19)3-4-8(6)13-9(17)10-14-15-11(12-2)20-10/h3-5H,1-2H3,(H,12,15)(H,13,17). The van der Waals surface area contributed by atoms with Crippen LogP contribution in [0.3, 0.4) is 0 Å². The third-order valence-corrected chi connectivity index (χ3v) is 3.44. The quantitative estimate of drug-likeness (QED) is 0.659. The molecule has 0 aliphatic rings. The lowest BCUT2D eigenvalue weighted by Gasteiger charge is -2.06. The number of hydrogen-bond donors (Lipinski definition) is 2. The summed E-state index contributed by atoms with van der Waals surface area (Å²) in [5.74, 6) is -0.402. The summed E-state index contributed by atoms with van der Waals surface area (Å²) in [5.41, 5.74) is 1.08. The largest absolute Gasteiger partial charge is 0.363 e. The van der Waals surface area contributed by atoms with E-state index in [1.165, 1.54) is 18.2 Å². The molecule has 0 aliphatic carbocycles. The summed E-state index contributed by atoms with van der Waals surface area (Å²) in [6.07, 6.45) is 0. The lowest BCUT2D eigenvalue weighted by molar-refractivity contribution is -0.384. The van der Waals surface area contributed by atoms with Gasteiger partial charge in [-0.05, 0) is 18.6 Å². The van der Waals surface area contributed by atoms with Crippen LogP contribution in [-0.2, 0) is 0 Å². The zero-order valence-electron chi connectivity index (χ0n) is 10.7. The van der Waals surface area contributed by atoms with Gasteiger partial charge in [0.25, 0.3) is 11.6 Å². The second-order valence-electron chi connectivity index (χ2n) is 3.87. The molecule has 0 radical (unpaired) electrons. The smallest absolute Gasteiger partial charge is 0.286 e. The van der Waals surface area contributed by atoms with Crippen molar-refractivity contribution in [2.45, 2.75) is 6.92 Å². The van der Waals surface area contributed by atoms with Gasteiger partial charge in [-0.25, -0.2) is 0 Å². The Bertz CT molecular complexity index is 670. The minimum atomic E-state index is -0.484. The molecule has 0 spiro atoms. The predicted molar refractivity (Wildman–Crippen MR) is 75.2 cm³/mol. The topological polar surface area (TPSA) is 110 Å². The van der Waals surface area contributed by atoms with Crippen LogP contribution >= 0.6 is 11.3 Å². The number of anilines is 2. The summed E-state index contributed by atoms with van der Waals surface area (Å²) in [7, 11) is 1.68. The molecule has 1 heterocycles. The van der Waals surface area contributed by atoms with Crippen molar-refractivity contribution in [2.24, 2.45) is 0 Å². The lowest BCUT2D eigenvalue weighted by Crippen LogP contribution is -2.12. The van der Waals surface area contributed by atoms with Crippen LogP contribution in [0.15, 0.2) is 18.2 Å². The Labute approximate surface area is 118 Å². The first-order valence-electron chi connectivity index (χ1n) is 5.59. The Morgan fingerprint density at radius 2 is 2.15 bits per heavy atom. The van der Waals surface area contributed by atoms with Gasteiger partial charge in [-0.1, -0.05) is 11.3 Å². The number of amides is 1. The second kappa shape index (κ2) is 5.61. The molecule has 2 N–H and O–H groups in total. The summed E-state index contributed by atoms with van der Waals surface area (Å²) in [4.78, 5) is 22.1. The number of nitrogens with zero attached hydrogens (tertiary/aromatic N) is 3. The van der Waals surface area contributed by atoms with Crippen molar-refractivity contribution in [3.63, 3.8) is 0 Å². The molecule has 0 saturated carbocycles. The normalized spacial score (nSPS) is 10.1. The number of rotatable bonds is 4. The zero-order valence-corrected chi connectivity index (χ0v) is 11.5. The summed E-state index contributed by atoms with van der Waals surface area (Å²) in [5, 5.41) is 24.3. The molecule has 8 nitrogen and oxygen atoms in total. The van der Waals surface area contributed by atoms with Gasteiger partial charge in [0.05, 0.1) is 4.92 Å². The molecule has 0 aliphatic heterocycles. The SMILES string of the molecule is CNc1nnc(C(=O)Nc2ccc([N+](=O)[O-])cc2C)s1. The first kappa shape index (κ1) is 13.9. The van der Waals surface area contributed by atoms with Crippen molar-refractivity contribution in [2.75, 3.05) is 17.7 Å². The minimum absolute atomic E-state index is 0.0196. The van der Waals surface area contributed by atoms with Crippen molar-refractivity contribution in [1.82, 2.24) is 10.2 Å². The van der Waals surface area contributed by atoms with E-state index < -0.39 is 10.8 Å². The van der Waals surface area contributed by atoms with E-state index in [1.54, 1.807) is 14.0 Å². The number of aryl methyl sites for hydroxylation is 1. The van der Waals surface area contributed by atoms with E-state index in [4.69, 9.17) is 0 Å². The highest BCUT2D eigenvalue weighted by atomic mass is 32.1. The Hall–Kier alpha value is -2.55. The highest BCUT2D eigenvalue weighted by Gasteiger charge is 2.15. The molecule has 2 aromatic rings. The number of carbonyl (C=O) groups excluding carboxylic acids is 1. The van der Waals surface area contributed by atoms with Gasteiger partial charge >= 0.3 is 0 Å². The number of aromatic nitrogens is 2. The number of hydrogen-bond acceptors (Lipinski definition) is 7. The van der Waals surface area contributed by atoms with Gasteiger partial charge in [-0.15, -0.1) is 10.2 Å². The van der Waals surface area contributed by atoms with Gasteiger partial charge < -0.3 is 10.6 Å². The van der Waals surface area contributed by atoms with Gasteiger partial charge in [0, 0.05) is 24.9 Å². The summed E-state index contributed by atoms with van der Waals surface area (Å²) < 4.78 is 0. The van der Waals surface area contributed by atoms with E-state index in [-0.39, 0.29) is 10.7 Å². The van der Waals surface area contributed by atoms with Crippen LogP contribution in [-0.4, -0.2) is 28.1 Å². The van der Waals surface area contributed by atoms with E-state index in [0.717, 1.165) is 11.3 Å². The molecule has 0 atom stereocenters. The van der Waals surface area contributed by atoms with Gasteiger partial charge in [0.2, 0.25) is 10.1 Å². The summed E-state index contributed by atoms with van der Waals surface area (Å²) >= 11 is 1.12. The Morgan fingerprint density at radius 3 is 2.70 bits per heavy atom. The fraction of sp³-hybridized carbons (Fsp3) is 0.182. The van der Waals surface area contributed by atoms with Crippen molar-refractivity contribution < 1.29 is 9.72 Å². The van der Waals surface area contributed by atoms with E-state index in [2.05, 4.69) is 20.8 Å². The molecule has 2 rings (SSSR count). The number of non-ortho nitro benzene ring substituents is 1. The zero-order chi connectivity index (χ0) is 14.7. The number of benzene rings is 1. The maximum Gasteiger partial charge on any atom is 0.286 e.